The van der Waals surface area contributed by atoms with E-state index in [1.165, 1.54) is 0 Å². The van der Waals surface area contributed by atoms with E-state index in [4.69, 9.17) is 14.5 Å². The lowest BCUT2D eigenvalue weighted by molar-refractivity contribution is 0.0266. The van der Waals surface area contributed by atoms with Gasteiger partial charge >= 0.3 is 6.09 Å². The van der Waals surface area contributed by atoms with Crippen LogP contribution in [0.5, 0.6) is 0 Å². The fraction of sp³-hybridized carbons (Fsp3) is 0.909. The van der Waals surface area contributed by atoms with Crippen molar-refractivity contribution in [2.24, 2.45) is 10.9 Å². The Labute approximate surface area is 177 Å². The largest absolute Gasteiger partial charge is 0.444 e. The maximum absolute atomic E-state index is 12.0. The van der Waals surface area contributed by atoms with Crippen LogP contribution in [0.1, 0.15) is 80.6 Å². The molecule has 0 aromatic rings. The summed E-state index contributed by atoms with van der Waals surface area (Å²) < 4.78 is 11.2. The minimum absolute atomic E-state index is 0.181. The van der Waals surface area contributed by atoms with Gasteiger partial charge in [0.05, 0.1) is 6.10 Å². The summed E-state index contributed by atoms with van der Waals surface area (Å²) in [6.45, 7) is 16.5. The second-order valence-corrected chi connectivity index (χ2v) is 9.13. The van der Waals surface area contributed by atoms with Crippen molar-refractivity contribution in [3.63, 3.8) is 0 Å². The van der Waals surface area contributed by atoms with Crippen LogP contribution in [-0.2, 0) is 9.47 Å². The highest BCUT2D eigenvalue weighted by molar-refractivity contribution is 5.80. The van der Waals surface area contributed by atoms with Crippen molar-refractivity contribution in [3.05, 3.63) is 0 Å². The van der Waals surface area contributed by atoms with Gasteiger partial charge in [-0.2, -0.15) is 0 Å². The summed E-state index contributed by atoms with van der Waals surface area (Å²) in [4.78, 5) is 16.7. The minimum Gasteiger partial charge on any atom is -0.444 e. The van der Waals surface area contributed by atoms with Crippen LogP contribution >= 0.6 is 0 Å². The second-order valence-electron chi connectivity index (χ2n) is 9.13. The number of amides is 1. The average Bonchev–Trinajstić information content (AvgIpc) is 2.61. The van der Waals surface area contributed by atoms with E-state index in [0.717, 1.165) is 57.8 Å². The lowest BCUT2D eigenvalue weighted by Gasteiger charge is -2.31. The third-order valence-corrected chi connectivity index (χ3v) is 4.94. The number of nitrogens with one attached hydrogen (secondary N) is 3. The van der Waals surface area contributed by atoms with Crippen LogP contribution in [0.25, 0.3) is 0 Å². The molecule has 1 rings (SSSR count). The molecule has 7 nitrogen and oxygen atoms in total. The quantitative estimate of drug-likeness (QED) is 0.396. The van der Waals surface area contributed by atoms with E-state index >= 15 is 0 Å². The van der Waals surface area contributed by atoms with Gasteiger partial charge in [0, 0.05) is 31.8 Å². The fourth-order valence-corrected chi connectivity index (χ4v) is 3.50. The third-order valence-electron chi connectivity index (χ3n) is 4.94. The SMILES string of the molecule is CCNC(=NCCC(OCC)C(C)C)NC1CCC(NC(=O)OC(C)(C)C)CC1. The third kappa shape index (κ3) is 11.3. The Morgan fingerprint density at radius 3 is 2.14 bits per heavy atom. The van der Waals surface area contributed by atoms with E-state index in [1.54, 1.807) is 0 Å². The molecule has 1 saturated carbocycles. The number of carbonyl (C=O) groups excluding carboxylic acids is 1. The van der Waals surface area contributed by atoms with Gasteiger partial charge in [-0.25, -0.2) is 4.79 Å². The fourth-order valence-electron chi connectivity index (χ4n) is 3.50. The first-order valence-corrected chi connectivity index (χ1v) is 11.3. The summed E-state index contributed by atoms with van der Waals surface area (Å²) >= 11 is 0. The molecule has 0 heterocycles. The highest BCUT2D eigenvalue weighted by atomic mass is 16.6. The van der Waals surface area contributed by atoms with Gasteiger partial charge in [-0.1, -0.05) is 13.8 Å². The lowest BCUT2D eigenvalue weighted by atomic mass is 9.91. The van der Waals surface area contributed by atoms with Crippen LogP contribution in [-0.4, -0.2) is 55.5 Å². The van der Waals surface area contributed by atoms with Crippen LogP contribution in [0.2, 0.25) is 0 Å². The molecule has 0 saturated heterocycles. The Kier molecular flexibility index (Phi) is 11.4. The summed E-state index contributed by atoms with van der Waals surface area (Å²) in [5.74, 6) is 1.36. The zero-order valence-electron chi connectivity index (χ0n) is 19.6. The van der Waals surface area contributed by atoms with Gasteiger partial charge in [0.15, 0.2) is 5.96 Å². The molecule has 0 radical (unpaired) electrons. The number of hydrogen-bond acceptors (Lipinski definition) is 4. The van der Waals surface area contributed by atoms with Crippen molar-refractivity contribution in [2.75, 3.05) is 19.7 Å². The number of ether oxygens (including phenoxy) is 2. The van der Waals surface area contributed by atoms with E-state index in [2.05, 4.69) is 36.7 Å². The van der Waals surface area contributed by atoms with Gasteiger partial charge in [0.1, 0.15) is 5.60 Å². The molecule has 1 aliphatic rings. The van der Waals surface area contributed by atoms with Crippen LogP contribution in [0.15, 0.2) is 4.99 Å². The molecule has 3 N–H and O–H groups in total. The molecule has 7 heteroatoms. The summed E-state index contributed by atoms with van der Waals surface area (Å²) in [5, 5.41) is 9.90. The van der Waals surface area contributed by atoms with E-state index in [1.807, 2.05) is 27.7 Å². The summed E-state index contributed by atoms with van der Waals surface area (Å²) in [6.07, 6.45) is 4.73. The van der Waals surface area contributed by atoms with E-state index < -0.39 is 5.60 Å². The van der Waals surface area contributed by atoms with Crippen LogP contribution < -0.4 is 16.0 Å². The highest BCUT2D eigenvalue weighted by Crippen LogP contribution is 2.19. The Hall–Kier alpha value is -1.50. The van der Waals surface area contributed by atoms with Crippen molar-refractivity contribution in [1.29, 1.82) is 0 Å². The van der Waals surface area contributed by atoms with Gasteiger partial charge in [-0.05, 0) is 72.6 Å². The second kappa shape index (κ2) is 12.9. The number of nitrogens with zero attached hydrogens (tertiary/aromatic N) is 1. The van der Waals surface area contributed by atoms with Gasteiger partial charge in [0.25, 0.3) is 0 Å². The Balaban J connectivity index is 2.44. The first-order valence-electron chi connectivity index (χ1n) is 11.3. The maximum atomic E-state index is 12.0. The van der Waals surface area contributed by atoms with Crippen LogP contribution in [0, 0.1) is 5.92 Å². The van der Waals surface area contributed by atoms with Gasteiger partial charge in [-0.3, -0.25) is 4.99 Å². The highest BCUT2D eigenvalue weighted by Gasteiger charge is 2.25. The predicted molar refractivity (Wildman–Crippen MR) is 119 cm³/mol. The number of alkyl carbamates (subject to hydrolysis) is 1. The Morgan fingerprint density at radius 2 is 1.66 bits per heavy atom. The standard InChI is InChI=1S/C22H44N4O3/c1-8-23-20(24-15-14-19(16(3)4)28-9-2)25-17-10-12-18(13-11-17)26-21(27)29-22(5,6)7/h16-19H,8-15H2,1-7H3,(H,26,27)(H2,23,24,25). The van der Waals surface area contributed by atoms with E-state index in [9.17, 15) is 4.79 Å². The lowest BCUT2D eigenvalue weighted by Crippen LogP contribution is -2.48. The first kappa shape index (κ1) is 25.5. The smallest absolute Gasteiger partial charge is 0.407 e. The molecular formula is C22H44N4O3. The number of guanidine groups is 1. The first-order chi connectivity index (χ1) is 13.6. The van der Waals surface area contributed by atoms with Crippen molar-refractivity contribution in [3.8, 4) is 0 Å². The molecule has 0 bridgehead atoms. The average molecular weight is 413 g/mol. The van der Waals surface area contributed by atoms with Crippen molar-refractivity contribution in [1.82, 2.24) is 16.0 Å². The monoisotopic (exact) mass is 412 g/mol. The predicted octanol–water partition coefficient (Wildman–Crippen LogP) is 3.83. The topological polar surface area (TPSA) is 84.0 Å². The maximum Gasteiger partial charge on any atom is 0.407 e. The van der Waals surface area contributed by atoms with Gasteiger partial charge in [0.2, 0.25) is 0 Å². The van der Waals surface area contributed by atoms with Crippen molar-refractivity contribution in [2.45, 2.75) is 104 Å². The van der Waals surface area contributed by atoms with E-state index in [0.29, 0.717) is 12.0 Å². The molecule has 1 amide bonds. The summed E-state index contributed by atoms with van der Waals surface area (Å²) in [7, 11) is 0. The van der Waals surface area contributed by atoms with Crippen molar-refractivity contribution < 1.29 is 14.3 Å². The molecule has 1 aliphatic carbocycles. The van der Waals surface area contributed by atoms with Gasteiger partial charge in [-0.15, -0.1) is 0 Å². The Bertz CT molecular complexity index is 495. The number of rotatable bonds is 9. The summed E-state index contributed by atoms with van der Waals surface area (Å²) in [6, 6.07) is 0.553. The molecule has 0 aromatic carbocycles. The minimum atomic E-state index is -0.462. The zero-order valence-corrected chi connectivity index (χ0v) is 19.6. The number of aliphatic imine (C=N–C) groups is 1. The summed E-state index contributed by atoms with van der Waals surface area (Å²) in [5.41, 5.74) is -0.462. The molecule has 0 aromatic heterocycles. The normalized spacial score (nSPS) is 21.6. The molecule has 1 unspecified atom stereocenters. The van der Waals surface area contributed by atoms with E-state index in [-0.39, 0.29) is 18.2 Å². The van der Waals surface area contributed by atoms with Crippen LogP contribution in [0.4, 0.5) is 4.79 Å². The van der Waals surface area contributed by atoms with Gasteiger partial charge < -0.3 is 25.4 Å². The molecule has 0 spiro atoms. The zero-order chi connectivity index (χ0) is 21.9. The number of carbonyl (C=O) groups is 1. The van der Waals surface area contributed by atoms with Crippen molar-refractivity contribution >= 4 is 12.1 Å². The number of hydrogen-bond donors (Lipinski definition) is 3. The molecule has 0 aliphatic heterocycles. The molecule has 29 heavy (non-hydrogen) atoms. The molecule has 1 atom stereocenters. The molecule has 1 fully saturated rings. The molecular weight excluding hydrogens is 368 g/mol. The Morgan fingerprint density at radius 1 is 1.07 bits per heavy atom. The van der Waals surface area contributed by atoms with Crippen LogP contribution in [0.3, 0.4) is 0 Å². The molecule has 170 valence electrons.